The second-order valence-corrected chi connectivity index (χ2v) is 12.1. The first kappa shape index (κ1) is 33.7. The lowest BCUT2D eigenvalue weighted by Gasteiger charge is -2.39. The molecular weight excluding hydrogens is 574 g/mol. The Hall–Kier alpha value is -4.15. The Labute approximate surface area is 265 Å². The minimum absolute atomic E-state index is 0.0217. The molecule has 2 aromatic rings. The van der Waals surface area contributed by atoms with Crippen molar-refractivity contribution in [3.05, 3.63) is 48.2 Å². The van der Waals surface area contributed by atoms with Gasteiger partial charge in [0, 0.05) is 31.0 Å². The molecule has 2 saturated heterocycles. The van der Waals surface area contributed by atoms with Gasteiger partial charge in [-0.25, -0.2) is 0 Å². The summed E-state index contributed by atoms with van der Waals surface area (Å²) in [6, 6.07) is 4.11. The summed E-state index contributed by atoms with van der Waals surface area (Å²) in [6.07, 6.45) is 9.72. The van der Waals surface area contributed by atoms with E-state index >= 15 is 0 Å². The van der Waals surface area contributed by atoms with Gasteiger partial charge in [-0.05, 0) is 62.1 Å². The van der Waals surface area contributed by atoms with Crippen LogP contribution in [0.25, 0.3) is 10.9 Å². The number of rotatable bonds is 11. The zero-order chi connectivity index (χ0) is 32.5. The molecule has 0 bridgehead atoms. The maximum absolute atomic E-state index is 14.0. The second kappa shape index (κ2) is 15.7. The fourth-order valence-corrected chi connectivity index (χ4v) is 6.13. The normalized spacial score (nSPS) is 23.9. The second-order valence-electron chi connectivity index (χ2n) is 12.1. The van der Waals surface area contributed by atoms with Crippen LogP contribution in [0.15, 0.2) is 42.6 Å². The molecule has 0 radical (unpaired) electrons. The van der Waals surface area contributed by atoms with Gasteiger partial charge in [-0.1, -0.05) is 51.5 Å². The Morgan fingerprint density at radius 2 is 1.76 bits per heavy atom. The van der Waals surface area contributed by atoms with E-state index in [-0.39, 0.29) is 29.9 Å². The Kier molecular flexibility index (Phi) is 11.8. The molecule has 0 spiro atoms. The Balaban J connectivity index is 1.68. The summed E-state index contributed by atoms with van der Waals surface area (Å²) in [7, 11) is 1.55. The number of nitrogens with one attached hydrogen (secondary N) is 3. The molecule has 1 aromatic carbocycles. The maximum Gasteiger partial charge on any atom is 0.246 e. The minimum atomic E-state index is -1.02. The molecule has 4 rings (SSSR count). The summed E-state index contributed by atoms with van der Waals surface area (Å²) in [5.74, 6) is -1.75. The summed E-state index contributed by atoms with van der Waals surface area (Å²) in [5.41, 5.74) is 1.60. The van der Waals surface area contributed by atoms with Gasteiger partial charge in [0.15, 0.2) is 5.78 Å². The lowest BCUT2D eigenvalue weighted by Crippen LogP contribution is -2.64. The first-order valence-corrected chi connectivity index (χ1v) is 16.2. The number of unbranched alkanes of at least 4 members (excludes halogenated alkanes) is 1. The smallest absolute Gasteiger partial charge is 0.246 e. The number of aromatic nitrogens is 1. The third-order valence-corrected chi connectivity index (χ3v) is 9.03. The predicted octanol–water partition coefficient (Wildman–Crippen LogP) is 2.84. The van der Waals surface area contributed by atoms with Crippen molar-refractivity contribution in [3.8, 4) is 0 Å². The summed E-state index contributed by atoms with van der Waals surface area (Å²) in [5, 5.41) is 9.69. The number of carbonyl (C=O) groups excluding carboxylic acids is 5. The molecular formula is C34H47N5O6. The van der Waals surface area contributed by atoms with Crippen LogP contribution >= 0.6 is 0 Å². The van der Waals surface area contributed by atoms with E-state index < -0.39 is 36.0 Å². The SMILES string of the molecule is CCC(=O)/C=C/CCCC1NC(=O)[C@H]2CCCCN2C(=O)[C@H](C(C)CC)NC(=O)[C@H](Cc2cn(OC)c3ccccc23)NC1=O. The van der Waals surface area contributed by atoms with Crippen molar-refractivity contribution in [2.24, 2.45) is 5.92 Å². The zero-order valence-electron chi connectivity index (χ0n) is 26.8. The standard InChI is InChI=1S/C34H47N5O6/c1-5-22(3)30-34(44)38-19-13-12-18-29(38)33(43)35-26(16-9-7-8-14-24(40)6-2)31(41)36-27(32(42)37-30)20-23-21-39(45-4)28-17-11-10-15-25(23)28/h8,10-11,14-15,17,21-22,26-27,29-30H,5-7,9,12-13,16,18-20H2,1-4H3,(H,35,43)(H,36,41)(H,37,42)/b14-8+/t22?,26?,27-,29+,30-/m0/s1. The van der Waals surface area contributed by atoms with E-state index in [0.29, 0.717) is 45.1 Å². The summed E-state index contributed by atoms with van der Waals surface area (Å²) in [4.78, 5) is 74.4. The van der Waals surface area contributed by atoms with Crippen LogP contribution in [0.5, 0.6) is 0 Å². The van der Waals surface area contributed by atoms with Crippen LogP contribution < -0.4 is 20.8 Å². The van der Waals surface area contributed by atoms with E-state index in [1.165, 1.54) is 6.08 Å². The number of allylic oxidation sites excluding steroid dienone is 2. The van der Waals surface area contributed by atoms with Crippen molar-refractivity contribution in [3.63, 3.8) is 0 Å². The van der Waals surface area contributed by atoms with E-state index in [2.05, 4.69) is 16.0 Å². The number of piperidine rings is 1. The van der Waals surface area contributed by atoms with E-state index in [4.69, 9.17) is 4.84 Å². The van der Waals surface area contributed by atoms with Gasteiger partial charge in [-0.2, -0.15) is 4.73 Å². The summed E-state index contributed by atoms with van der Waals surface area (Å²) >= 11 is 0. The Morgan fingerprint density at radius 1 is 1.02 bits per heavy atom. The van der Waals surface area contributed by atoms with Crippen LogP contribution in [0.1, 0.15) is 77.7 Å². The van der Waals surface area contributed by atoms with Gasteiger partial charge in [0.2, 0.25) is 23.6 Å². The maximum atomic E-state index is 14.0. The number of benzene rings is 1. The van der Waals surface area contributed by atoms with Gasteiger partial charge in [0.1, 0.15) is 31.3 Å². The fraction of sp³-hybridized carbons (Fsp3) is 0.559. The number of hydrogen-bond donors (Lipinski definition) is 3. The number of hydrogen-bond acceptors (Lipinski definition) is 6. The van der Waals surface area contributed by atoms with E-state index in [0.717, 1.165) is 29.3 Å². The average molecular weight is 622 g/mol. The first-order chi connectivity index (χ1) is 21.7. The Bertz CT molecular complexity index is 1420. The number of para-hydroxylation sites is 1. The third kappa shape index (κ3) is 8.12. The third-order valence-electron chi connectivity index (χ3n) is 9.03. The molecule has 2 aliphatic rings. The van der Waals surface area contributed by atoms with Crippen molar-refractivity contribution in [2.45, 2.75) is 103 Å². The zero-order valence-corrected chi connectivity index (χ0v) is 26.8. The van der Waals surface area contributed by atoms with Crippen LogP contribution in [-0.4, -0.2) is 76.9 Å². The van der Waals surface area contributed by atoms with Crippen LogP contribution in [0.3, 0.4) is 0 Å². The highest BCUT2D eigenvalue weighted by Gasteiger charge is 2.40. The quantitative estimate of drug-likeness (QED) is 0.261. The van der Waals surface area contributed by atoms with Gasteiger partial charge in [-0.15, -0.1) is 0 Å². The number of fused-ring (bicyclic) bond motifs is 2. The summed E-state index contributed by atoms with van der Waals surface area (Å²) in [6.45, 7) is 6.07. The van der Waals surface area contributed by atoms with Gasteiger partial charge in [0.05, 0.1) is 5.52 Å². The molecule has 3 heterocycles. The highest BCUT2D eigenvalue weighted by atomic mass is 16.6. The first-order valence-electron chi connectivity index (χ1n) is 16.2. The molecule has 0 aliphatic carbocycles. The molecule has 3 N–H and O–H groups in total. The van der Waals surface area contributed by atoms with Crippen LogP contribution in [0.4, 0.5) is 0 Å². The van der Waals surface area contributed by atoms with Crippen molar-refractivity contribution in [1.82, 2.24) is 25.6 Å². The van der Waals surface area contributed by atoms with Gasteiger partial charge in [0.25, 0.3) is 0 Å². The fourth-order valence-electron chi connectivity index (χ4n) is 6.13. The van der Waals surface area contributed by atoms with E-state index in [9.17, 15) is 24.0 Å². The van der Waals surface area contributed by atoms with Gasteiger partial charge in [-0.3, -0.25) is 24.0 Å². The minimum Gasteiger partial charge on any atom is -0.417 e. The molecule has 0 saturated carbocycles. The van der Waals surface area contributed by atoms with Crippen LogP contribution in [0.2, 0.25) is 0 Å². The monoisotopic (exact) mass is 621 g/mol. The van der Waals surface area contributed by atoms with Crippen LogP contribution in [0, 0.1) is 5.92 Å². The molecule has 1 aromatic heterocycles. The van der Waals surface area contributed by atoms with Crippen molar-refractivity contribution in [1.29, 1.82) is 0 Å². The Morgan fingerprint density at radius 3 is 2.49 bits per heavy atom. The van der Waals surface area contributed by atoms with E-state index in [1.54, 1.807) is 35.9 Å². The number of amides is 4. The molecule has 45 heavy (non-hydrogen) atoms. The van der Waals surface area contributed by atoms with Crippen molar-refractivity contribution >= 4 is 40.3 Å². The van der Waals surface area contributed by atoms with Crippen molar-refractivity contribution < 1.29 is 28.8 Å². The van der Waals surface area contributed by atoms with Crippen molar-refractivity contribution in [2.75, 3.05) is 13.7 Å². The number of carbonyl (C=O) groups is 5. The van der Waals surface area contributed by atoms with Gasteiger partial charge >= 0.3 is 0 Å². The number of ketones is 1. The predicted molar refractivity (Wildman–Crippen MR) is 171 cm³/mol. The average Bonchev–Trinajstić information content (AvgIpc) is 3.41. The van der Waals surface area contributed by atoms with Gasteiger partial charge < -0.3 is 25.7 Å². The lowest BCUT2D eigenvalue weighted by atomic mass is 9.93. The topological polar surface area (TPSA) is 139 Å². The molecule has 5 atom stereocenters. The molecule has 11 heteroatoms. The molecule has 11 nitrogen and oxygen atoms in total. The lowest BCUT2D eigenvalue weighted by molar-refractivity contribution is -0.147. The highest BCUT2D eigenvalue weighted by Crippen LogP contribution is 2.24. The molecule has 2 aliphatic heterocycles. The molecule has 4 amide bonds. The van der Waals surface area contributed by atoms with Crippen LogP contribution in [-0.2, 0) is 30.4 Å². The largest absolute Gasteiger partial charge is 0.417 e. The highest BCUT2D eigenvalue weighted by molar-refractivity contribution is 5.98. The number of nitrogens with zero attached hydrogens (tertiary/aromatic N) is 2. The van der Waals surface area contributed by atoms with E-state index in [1.807, 2.05) is 38.1 Å². The molecule has 2 fully saturated rings. The molecule has 2 unspecified atom stereocenters. The molecule has 244 valence electrons. The summed E-state index contributed by atoms with van der Waals surface area (Å²) < 4.78 is 1.61.